The Morgan fingerprint density at radius 2 is 2.00 bits per heavy atom. The number of hydrogen-bond donors (Lipinski definition) is 0. The van der Waals surface area contributed by atoms with Crippen LogP contribution in [-0.2, 0) is 13.0 Å². The number of aryl methyl sites for hydroxylation is 3. The molecule has 0 saturated carbocycles. The largest absolute Gasteiger partial charge is 0.298 e. The van der Waals surface area contributed by atoms with Crippen LogP contribution in [0.15, 0.2) is 53.7 Å². The number of para-hydroxylation sites is 1. The Labute approximate surface area is 116 Å². The minimum absolute atomic E-state index is 0.00892. The molecule has 4 nitrogen and oxygen atoms in total. The molecule has 3 rings (SSSR count). The first-order valence-electron chi connectivity index (χ1n) is 6.60. The lowest BCUT2D eigenvalue weighted by Crippen LogP contribution is -2.22. The van der Waals surface area contributed by atoms with Gasteiger partial charge in [0, 0.05) is 24.9 Å². The molecule has 2 heterocycles. The molecule has 0 fully saturated rings. The van der Waals surface area contributed by atoms with Gasteiger partial charge >= 0.3 is 0 Å². The van der Waals surface area contributed by atoms with Crippen LogP contribution in [-0.4, -0.2) is 14.5 Å². The molecule has 0 aliphatic carbocycles. The van der Waals surface area contributed by atoms with Gasteiger partial charge in [0.1, 0.15) is 0 Å². The molecule has 2 aromatic heterocycles. The fourth-order valence-corrected chi connectivity index (χ4v) is 2.28. The van der Waals surface area contributed by atoms with Gasteiger partial charge < -0.3 is 0 Å². The highest BCUT2D eigenvalue weighted by Gasteiger charge is 2.05. The molecule has 1 aromatic carbocycles. The van der Waals surface area contributed by atoms with Gasteiger partial charge in [-0.3, -0.25) is 14.3 Å². The molecule has 0 aliphatic rings. The fourth-order valence-electron chi connectivity index (χ4n) is 2.28. The van der Waals surface area contributed by atoms with Gasteiger partial charge in [-0.25, -0.2) is 4.98 Å². The van der Waals surface area contributed by atoms with E-state index in [0.29, 0.717) is 11.9 Å². The second-order valence-electron chi connectivity index (χ2n) is 4.79. The third-order valence-electron chi connectivity index (χ3n) is 3.39. The Balaban J connectivity index is 1.93. The maximum Gasteiger partial charge on any atom is 0.261 e. The second kappa shape index (κ2) is 5.25. The van der Waals surface area contributed by atoms with Crippen molar-refractivity contribution in [2.24, 2.45) is 0 Å². The molecule has 3 aromatic rings. The van der Waals surface area contributed by atoms with E-state index in [-0.39, 0.29) is 5.56 Å². The van der Waals surface area contributed by atoms with E-state index in [9.17, 15) is 4.79 Å². The number of aromatic nitrogens is 3. The summed E-state index contributed by atoms with van der Waals surface area (Å²) in [7, 11) is 0. The van der Waals surface area contributed by atoms with Gasteiger partial charge in [0.25, 0.3) is 5.56 Å². The molecule has 0 aliphatic heterocycles. The molecule has 0 amide bonds. The molecule has 0 atom stereocenters. The standard InChI is InChI=1S/C16H15N3O/c1-12-5-4-7-14-15(12)18-11-19(16(14)20)10-8-13-6-2-3-9-17-13/h2-7,9,11H,8,10H2,1H3. The first-order valence-corrected chi connectivity index (χ1v) is 6.60. The van der Waals surface area contributed by atoms with Crippen molar-refractivity contribution in [1.82, 2.24) is 14.5 Å². The van der Waals surface area contributed by atoms with Crippen LogP contribution in [0.3, 0.4) is 0 Å². The number of fused-ring (bicyclic) bond motifs is 1. The van der Waals surface area contributed by atoms with Gasteiger partial charge in [0.15, 0.2) is 0 Å². The van der Waals surface area contributed by atoms with Crippen molar-refractivity contribution in [3.8, 4) is 0 Å². The number of benzene rings is 1. The molecule has 20 heavy (non-hydrogen) atoms. The zero-order valence-electron chi connectivity index (χ0n) is 11.3. The lowest BCUT2D eigenvalue weighted by atomic mass is 10.1. The monoisotopic (exact) mass is 265 g/mol. The first-order chi connectivity index (χ1) is 9.75. The summed E-state index contributed by atoms with van der Waals surface area (Å²) in [5, 5.41) is 0.675. The van der Waals surface area contributed by atoms with Gasteiger partial charge in [0.2, 0.25) is 0 Å². The number of rotatable bonds is 3. The average Bonchev–Trinajstić information content (AvgIpc) is 2.48. The summed E-state index contributed by atoms with van der Waals surface area (Å²) in [5.41, 5.74) is 2.79. The molecule has 0 unspecified atom stereocenters. The Kier molecular flexibility index (Phi) is 3.29. The van der Waals surface area contributed by atoms with Crippen LogP contribution in [0.25, 0.3) is 10.9 Å². The molecule has 4 heteroatoms. The van der Waals surface area contributed by atoms with Gasteiger partial charge in [-0.15, -0.1) is 0 Å². The summed E-state index contributed by atoms with van der Waals surface area (Å²) in [6.07, 6.45) is 4.11. The third-order valence-corrected chi connectivity index (χ3v) is 3.39. The van der Waals surface area contributed by atoms with E-state index in [1.807, 2.05) is 43.3 Å². The van der Waals surface area contributed by atoms with E-state index in [2.05, 4.69) is 9.97 Å². The summed E-state index contributed by atoms with van der Waals surface area (Å²) in [4.78, 5) is 21.1. The minimum Gasteiger partial charge on any atom is -0.298 e. The highest BCUT2D eigenvalue weighted by Crippen LogP contribution is 2.11. The predicted octanol–water partition coefficient (Wildman–Crippen LogP) is 2.34. The SMILES string of the molecule is Cc1cccc2c(=O)n(CCc3ccccn3)cnc12. The van der Waals surface area contributed by atoms with Crippen molar-refractivity contribution in [3.05, 3.63) is 70.5 Å². The van der Waals surface area contributed by atoms with Gasteiger partial charge in [-0.2, -0.15) is 0 Å². The van der Waals surface area contributed by atoms with Crippen LogP contribution < -0.4 is 5.56 Å². The topological polar surface area (TPSA) is 47.8 Å². The molecule has 0 radical (unpaired) electrons. The maximum absolute atomic E-state index is 12.4. The van der Waals surface area contributed by atoms with Crippen molar-refractivity contribution in [1.29, 1.82) is 0 Å². The Hall–Kier alpha value is -2.49. The predicted molar refractivity (Wildman–Crippen MR) is 78.7 cm³/mol. The smallest absolute Gasteiger partial charge is 0.261 e. The van der Waals surface area contributed by atoms with Gasteiger partial charge in [-0.05, 0) is 30.7 Å². The van der Waals surface area contributed by atoms with E-state index in [1.165, 1.54) is 0 Å². The van der Waals surface area contributed by atoms with E-state index in [0.717, 1.165) is 23.2 Å². The summed E-state index contributed by atoms with van der Waals surface area (Å²) in [5.74, 6) is 0. The third kappa shape index (κ3) is 2.32. The fraction of sp³-hybridized carbons (Fsp3) is 0.188. The average molecular weight is 265 g/mol. The van der Waals surface area contributed by atoms with Crippen LogP contribution >= 0.6 is 0 Å². The maximum atomic E-state index is 12.4. The lowest BCUT2D eigenvalue weighted by Gasteiger charge is -2.07. The summed E-state index contributed by atoms with van der Waals surface area (Å²) < 4.78 is 1.65. The Morgan fingerprint density at radius 3 is 2.80 bits per heavy atom. The Morgan fingerprint density at radius 1 is 1.10 bits per heavy atom. The molecule has 0 saturated heterocycles. The van der Waals surface area contributed by atoms with Crippen molar-refractivity contribution in [2.75, 3.05) is 0 Å². The van der Waals surface area contributed by atoms with E-state index in [1.54, 1.807) is 17.1 Å². The van der Waals surface area contributed by atoms with Crippen molar-refractivity contribution >= 4 is 10.9 Å². The lowest BCUT2D eigenvalue weighted by molar-refractivity contribution is 0.654. The van der Waals surface area contributed by atoms with E-state index in [4.69, 9.17) is 0 Å². The first kappa shape index (κ1) is 12.5. The van der Waals surface area contributed by atoms with Crippen LogP contribution in [0.1, 0.15) is 11.3 Å². The zero-order chi connectivity index (χ0) is 13.9. The summed E-state index contributed by atoms with van der Waals surface area (Å²) in [6.45, 7) is 2.56. The van der Waals surface area contributed by atoms with Gasteiger partial charge in [0.05, 0.1) is 17.2 Å². The molecular weight excluding hydrogens is 250 g/mol. The number of pyridine rings is 1. The van der Waals surface area contributed by atoms with Crippen LogP contribution in [0.2, 0.25) is 0 Å². The highest BCUT2D eigenvalue weighted by molar-refractivity contribution is 5.80. The van der Waals surface area contributed by atoms with Crippen molar-refractivity contribution in [2.45, 2.75) is 19.9 Å². The highest BCUT2D eigenvalue weighted by atomic mass is 16.1. The quantitative estimate of drug-likeness (QED) is 0.730. The van der Waals surface area contributed by atoms with E-state index < -0.39 is 0 Å². The van der Waals surface area contributed by atoms with Crippen molar-refractivity contribution < 1.29 is 0 Å². The van der Waals surface area contributed by atoms with Crippen LogP contribution in [0.4, 0.5) is 0 Å². The molecule has 0 bridgehead atoms. The minimum atomic E-state index is 0.00892. The van der Waals surface area contributed by atoms with Gasteiger partial charge in [-0.1, -0.05) is 18.2 Å². The number of hydrogen-bond acceptors (Lipinski definition) is 3. The molecule has 0 spiro atoms. The van der Waals surface area contributed by atoms with Crippen LogP contribution in [0.5, 0.6) is 0 Å². The normalized spacial score (nSPS) is 10.8. The summed E-state index contributed by atoms with van der Waals surface area (Å²) in [6, 6.07) is 11.5. The summed E-state index contributed by atoms with van der Waals surface area (Å²) >= 11 is 0. The molecule has 100 valence electrons. The second-order valence-corrected chi connectivity index (χ2v) is 4.79. The number of nitrogens with zero attached hydrogens (tertiary/aromatic N) is 3. The van der Waals surface area contributed by atoms with Crippen LogP contribution in [0, 0.1) is 6.92 Å². The Bertz CT molecular complexity index is 794. The zero-order valence-corrected chi connectivity index (χ0v) is 11.3. The van der Waals surface area contributed by atoms with Crippen molar-refractivity contribution in [3.63, 3.8) is 0 Å². The molecular formula is C16H15N3O. The molecule has 0 N–H and O–H groups in total. The van der Waals surface area contributed by atoms with E-state index >= 15 is 0 Å².